The van der Waals surface area contributed by atoms with E-state index >= 15 is 0 Å². The van der Waals surface area contributed by atoms with Crippen LogP contribution in [-0.2, 0) is 0 Å². The Labute approximate surface area is 106 Å². The Hall–Kier alpha value is -1.72. The number of hydrogen-bond acceptors (Lipinski definition) is 4. The van der Waals surface area contributed by atoms with Gasteiger partial charge in [-0.05, 0) is 19.2 Å². The third kappa shape index (κ3) is 2.27. The van der Waals surface area contributed by atoms with Crippen LogP contribution in [0.3, 0.4) is 0 Å². The fraction of sp³-hybridized carbons (Fsp3) is 0.385. The van der Waals surface area contributed by atoms with E-state index in [9.17, 15) is 0 Å². The third-order valence-electron chi connectivity index (χ3n) is 3.30. The zero-order valence-electron chi connectivity index (χ0n) is 10.4. The molecular weight excluding hydrogens is 226 g/mol. The Kier molecular flexibility index (Phi) is 3.08. The van der Waals surface area contributed by atoms with Crippen LogP contribution in [0, 0.1) is 0 Å². The monoisotopic (exact) mass is 243 g/mol. The minimum Gasteiger partial charge on any atom is -0.341 e. The van der Waals surface area contributed by atoms with E-state index in [0.29, 0.717) is 6.04 Å². The van der Waals surface area contributed by atoms with Crippen LogP contribution in [0.15, 0.2) is 30.7 Å². The summed E-state index contributed by atoms with van der Waals surface area (Å²) in [5, 5.41) is 3.48. The van der Waals surface area contributed by atoms with E-state index in [0.717, 1.165) is 36.7 Å². The van der Waals surface area contributed by atoms with Crippen molar-refractivity contribution in [1.29, 1.82) is 0 Å². The normalized spacial score (nSPS) is 21.1. The van der Waals surface area contributed by atoms with Gasteiger partial charge in [0.25, 0.3) is 0 Å². The molecule has 94 valence electrons. The van der Waals surface area contributed by atoms with E-state index in [-0.39, 0.29) is 0 Å². The van der Waals surface area contributed by atoms with Crippen molar-refractivity contribution < 1.29 is 0 Å². The van der Waals surface area contributed by atoms with Gasteiger partial charge >= 0.3 is 0 Å². The molecule has 1 unspecified atom stereocenters. The van der Waals surface area contributed by atoms with E-state index in [1.54, 1.807) is 12.4 Å². The molecule has 18 heavy (non-hydrogen) atoms. The Morgan fingerprint density at radius 3 is 2.94 bits per heavy atom. The van der Waals surface area contributed by atoms with Gasteiger partial charge in [0.15, 0.2) is 0 Å². The van der Waals surface area contributed by atoms with E-state index in [2.05, 4.69) is 32.2 Å². The maximum Gasteiger partial charge on any atom is 0.125 e. The fourth-order valence-electron chi connectivity index (χ4n) is 2.27. The van der Waals surface area contributed by atoms with Crippen molar-refractivity contribution in [3.63, 3.8) is 0 Å². The average molecular weight is 243 g/mol. The number of H-pyrrole nitrogens is 1. The Bertz CT molecular complexity index is 507. The summed E-state index contributed by atoms with van der Waals surface area (Å²) >= 11 is 0. The molecule has 5 heteroatoms. The number of nitrogens with one attached hydrogen (secondary N) is 2. The fourth-order valence-corrected chi connectivity index (χ4v) is 2.27. The van der Waals surface area contributed by atoms with Gasteiger partial charge in [0, 0.05) is 37.6 Å². The van der Waals surface area contributed by atoms with Crippen molar-refractivity contribution in [3.8, 4) is 11.3 Å². The Morgan fingerprint density at radius 2 is 2.17 bits per heavy atom. The summed E-state index contributed by atoms with van der Waals surface area (Å²) in [5.41, 5.74) is 2.16. The molecule has 0 radical (unpaired) electrons. The predicted molar refractivity (Wildman–Crippen MR) is 70.1 cm³/mol. The quantitative estimate of drug-likeness (QED) is 0.827. The number of piperazine rings is 1. The molecule has 1 aliphatic heterocycles. The molecule has 0 aromatic carbocycles. The molecule has 1 atom stereocenters. The lowest BCUT2D eigenvalue weighted by Gasteiger charge is -2.29. The molecule has 2 aromatic rings. The maximum absolute atomic E-state index is 4.49. The van der Waals surface area contributed by atoms with Crippen LogP contribution in [0.25, 0.3) is 11.3 Å². The molecule has 1 saturated heterocycles. The zero-order valence-corrected chi connectivity index (χ0v) is 10.4. The summed E-state index contributed by atoms with van der Waals surface area (Å²) in [5.74, 6) is 1.01. The highest BCUT2D eigenvalue weighted by Gasteiger charge is 2.20. The molecule has 1 fully saturated rings. The lowest BCUT2D eigenvalue weighted by Crippen LogP contribution is -2.44. The van der Waals surface area contributed by atoms with Crippen LogP contribution in [0.2, 0.25) is 0 Å². The van der Waals surface area contributed by atoms with E-state index in [1.165, 1.54) is 0 Å². The first-order chi connectivity index (χ1) is 8.83. The molecule has 0 spiro atoms. The van der Waals surface area contributed by atoms with E-state index in [4.69, 9.17) is 0 Å². The lowest BCUT2D eigenvalue weighted by atomic mass is 10.2. The molecular formula is C13H17N5. The van der Waals surface area contributed by atoms with Crippen molar-refractivity contribution in [1.82, 2.24) is 25.2 Å². The first-order valence-corrected chi connectivity index (χ1v) is 6.20. The number of aromatic nitrogens is 3. The van der Waals surface area contributed by atoms with Crippen molar-refractivity contribution >= 4 is 0 Å². The second-order valence-corrected chi connectivity index (χ2v) is 4.69. The Morgan fingerprint density at radius 1 is 1.33 bits per heavy atom. The van der Waals surface area contributed by atoms with Gasteiger partial charge in [-0.2, -0.15) is 0 Å². The van der Waals surface area contributed by atoms with Crippen LogP contribution in [-0.4, -0.2) is 46.5 Å². The summed E-state index contributed by atoms with van der Waals surface area (Å²) < 4.78 is 0. The summed E-state index contributed by atoms with van der Waals surface area (Å²) in [6, 6.07) is 4.26. The summed E-state index contributed by atoms with van der Waals surface area (Å²) in [6.45, 7) is 3.09. The van der Waals surface area contributed by atoms with E-state index in [1.807, 2.05) is 18.3 Å². The third-order valence-corrected chi connectivity index (χ3v) is 3.30. The number of imidazole rings is 1. The van der Waals surface area contributed by atoms with Gasteiger partial charge in [0.05, 0.1) is 17.9 Å². The first kappa shape index (κ1) is 11.4. The van der Waals surface area contributed by atoms with Gasteiger partial charge in [0.1, 0.15) is 5.82 Å². The molecule has 5 nitrogen and oxygen atoms in total. The van der Waals surface area contributed by atoms with Gasteiger partial charge in [0.2, 0.25) is 0 Å². The molecule has 3 heterocycles. The van der Waals surface area contributed by atoms with Gasteiger partial charge in [-0.1, -0.05) is 0 Å². The minimum atomic E-state index is 0.291. The number of rotatable bonds is 2. The smallest absolute Gasteiger partial charge is 0.125 e. The predicted octanol–water partition coefficient (Wildman–Crippen LogP) is 1.05. The van der Waals surface area contributed by atoms with Crippen molar-refractivity contribution in [3.05, 3.63) is 36.5 Å². The largest absolute Gasteiger partial charge is 0.341 e. The SMILES string of the molecule is CN1CCNC(c2ncc(-c3ccncc3)[nH]2)C1. The number of likely N-dealkylation sites (N-methyl/N-ethyl adjacent to an activating group) is 1. The minimum absolute atomic E-state index is 0.291. The average Bonchev–Trinajstić information content (AvgIpc) is 2.89. The van der Waals surface area contributed by atoms with E-state index < -0.39 is 0 Å². The number of nitrogens with zero attached hydrogens (tertiary/aromatic N) is 3. The molecule has 2 N–H and O–H groups in total. The van der Waals surface area contributed by atoms with Gasteiger partial charge < -0.3 is 15.2 Å². The van der Waals surface area contributed by atoms with Gasteiger partial charge in [-0.3, -0.25) is 4.98 Å². The second kappa shape index (κ2) is 4.88. The van der Waals surface area contributed by atoms with Crippen LogP contribution in [0.5, 0.6) is 0 Å². The van der Waals surface area contributed by atoms with Crippen molar-refractivity contribution in [2.24, 2.45) is 0 Å². The van der Waals surface area contributed by atoms with Crippen LogP contribution in [0.4, 0.5) is 0 Å². The number of pyridine rings is 1. The van der Waals surface area contributed by atoms with Crippen molar-refractivity contribution in [2.45, 2.75) is 6.04 Å². The molecule has 3 rings (SSSR count). The standard InChI is InChI=1S/C13H17N5/c1-18-7-6-15-12(9-18)13-16-8-11(17-13)10-2-4-14-5-3-10/h2-5,8,12,15H,6-7,9H2,1H3,(H,16,17). The summed E-state index contributed by atoms with van der Waals surface area (Å²) in [7, 11) is 2.14. The van der Waals surface area contributed by atoms with Crippen LogP contribution < -0.4 is 5.32 Å². The summed E-state index contributed by atoms with van der Waals surface area (Å²) in [6.07, 6.45) is 5.48. The van der Waals surface area contributed by atoms with Crippen molar-refractivity contribution in [2.75, 3.05) is 26.7 Å². The highest BCUT2D eigenvalue weighted by molar-refractivity contribution is 5.57. The zero-order chi connectivity index (χ0) is 12.4. The Balaban J connectivity index is 1.81. The second-order valence-electron chi connectivity index (χ2n) is 4.69. The molecule has 0 aliphatic carbocycles. The lowest BCUT2D eigenvalue weighted by molar-refractivity contribution is 0.236. The molecule has 0 amide bonds. The van der Waals surface area contributed by atoms with Gasteiger partial charge in [-0.25, -0.2) is 4.98 Å². The first-order valence-electron chi connectivity index (χ1n) is 6.20. The highest BCUT2D eigenvalue weighted by atomic mass is 15.2. The van der Waals surface area contributed by atoms with Gasteiger partial charge in [-0.15, -0.1) is 0 Å². The number of aromatic amines is 1. The number of hydrogen-bond donors (Lipinski definition) is 2. The molecule has 1 aliphatic rings. The molecule has 0 bridgehead atoms. The molecule has 0 saturated carbocycles. The van der Waals surface area contributed by atoms with Crippen LogP contribution in [0.1, 0.15) is 11.9 Å². The highest BCUT2D eigenvalue weighted by Crippen LogP contribution is 2.19. The maximum atomic E-state index is 4.49. The summed E-state index contributed by atoms with van der Waals surface area (Å²) in [4.78, 5) is 14.2. The topological polar surface area (TPSA) is 56.8 Å². The molecule has 2 aromatic heterocycles. The van der Waals surface area contributed by atoms with Crippen LogP contribution >= 0.6 is 0 Å².